The lowest BCUT2D eigenvalue weighted by Crippen LogP contribution is -2.51. The maximum Gasteiger partial charge on any atom is 0.238 e. The second kappa shape index (κ2) is 7.43. The van der Waals surface area contributed by atoms with Crippen molar-refractivity contribution in [2.75, 3.05) is 25.5 Å². The Balaban J connectivity index is 1.96. The van der Waals surface area contributed by atoms with E-state index in [-0.39, 0.29) is 5.91 Å². The van der Waals surface area contributed by atoms with Crippen molar-refractivity contribution in [1.29, 1.82) is 0 Å². The molecule has 116 valence electrons. The van der Waals surface area contributed by atoms with E-state index >= 15 is 0 Å². The van der Waals surface area contributed by atoms with Crippen molar-refractivity contribution in [3.05, 3.63) is 24.3 Å². The molecule has 0 radical (unpaired) electrons. The lowest BCUT2D eigenvalue weighted by Gasteiger charge is -2.39. The summed E-state index contributed by atoms with van der Waals surface area (Å²) in [5, 5.41) is 2.93. The number of carbonyl (C=O) groups is 1. The van der Waals surface area contributed by atoms with Crippen molar-refractivity contribution in [3.8, 4) is 5.75 Å². The minimum atomic E-state index is -0.00421. The first-order valence-corrected chi connectivity index (χ1v) is 7.53. The first-order valence-electron chi connectivity index (χ1n) is 7.53. The van der Waals surface area contributed by atoms with Crippen LogP contribution < -0.4 is 15.8 Å². The van der Waals surface area contributed by atoms with Crippen LogP contribution in [0.5, 0.6) is 5.75 Å². The van der Waals surface area contributed by atoms with Crippen LogP contribution in [0.4, 0.5) is 5.69 Å². The van der Waals surface area contributed by atoms with Gasteiger partial charge in [0.1, 0.15) is 5.75 Å². The lowest BCUT2D eigenvalue weighted by molar-refractivity contribution is -0.118. The molecule has 1 aromatic carbocycles. The standard InChI is InChI=1S/C16H25N3O2/c1-12-5-3-7-14(10-17)19(12)11-16(20)18-13-6-4-8-15(9-13)21-2/h4,6,8-9,12,14H,3,5,7,10-11,17H2,1-2H3,(H,18,20). The molecule has 1 fully saturated rings. The van der Waals surface area contributed by atoms with Crippen LogP contribution in [0.1, 0.15) is 26.2 Å². The minimum Gasteiger partial charge on any atom is -0.497 e. The summed E-state index contributed by atoms with van der Waals surface area (Å²) in [5.74, 6) is 0.731. The zero-order valence-electron chi connectivity index (χ0n) is 12.8. The first-order chi connectivity index (χ1) is 10.1. The van der Waals surface area contributed by atoms with Gasteiger partial charge in [-0.1, -0.05) is 12.5 Å². The van der Waals surface area contributed by atoms with Crippen molar-refractivity contribution in [2.45, 2.75) is 38.3 Å². The molecular formula is C16H25N3O2. The molecular weight excluding hydrogens is 266 g/mol. The van der Waals surface area contributed by atoms with Gasteiger partial charge in [-0.15, -0.1) is 0 Å². The van der Waals surface area contributed by atoms with E-state index in [0.717, 1.165) is 24.3 Å². The summed E-state index contributed by atoms with van der Waals surface area (Å²) in [6.45, 7) is 3.16. The third-order valence-electron chi connectivity index (χ3n) is 4.15. The summed E-state index contributed by atoms with van der Waals surface area (Å²) in [6, 6.07) is 8.11. The Kier molecular flexibility index (Phi) is 5.59. The summed E-state index contributed by atoms with van der Waals surface area (Å²) in [6.07, 6.45) is 3.40. The number of carbonyl (C=O) groups excluding carboxylic acids is 1. The predicted molar refractivity (Wildman–Crippen MR) is 84.5 cm³/mol. The van der Waals surface area contributed by atoms with Gasteiger partial charge < -0.3 is 15.8 Å². The van der Waals surface area contributed by atoms with Crippen LogP contribution >= 0.6 is 0 Å². The molecule has 0 aliphatic carbocycles. The lowest BCUT2D eigenvalue weighted by atomic mass is 9.96. The third-order valence-corrected chi connectivity index (χ3v) is 4.15. The van der Waals surface area contributed by atoms with E-state index in [2.05, 4.69) is 17.1 Å². The van der Waals surface area contributed by atoms with Crippen LogP contribution in [-0.2, 0) is 4.79 Å². The fourth-order valence-electron chi connectivity index (χ4n) is 2.95. The molecule has 0 bridgehead atoms. The molecule has 0 saturated carbocycles. The number of anilines is 1. The van der Waals surface area contributed by atoms with Gasteiger partial charge in [-0.2, -0.15) is 0 Å². The van der Waals surface area contributed by atoms with E-state index in [1.54, 1.807) is 7.11 Å². The highest BCUT2D eigenvalue weighted by Gasteiger charge is 2.28. The maximum atomic E-state index is 12.3. The number of nitrogens with zero attached hydrogens (tertiary/aromatic N) is 1. The number of likely N-dealkylation sites (tertiary alicyclic amines) is 1. The van der Waals surface area contributed by atoms with Gasteiger partial charge in [0.2, 0.25) is 5.91 Å². The number of amides is 1. The van der Waals surface area contributed by atoms with Crippen molar-refractivity contribution in [2.24, 2.45) is 5.73 Å². The van der Waals surface area contributed by atoms with Crippen LogP contribution in [0.2, 0.25) is 0 Å². The Bertz CT molecular complexity index is 478. The summed E-state index contributed by atoms with van der Waals surface area (Å²) >= 11 is 0. The zero-order chi connectivity index (χ0) is 15.2. The molecule has 2 unspecified atom stereocenters. The molecule has 0 aromatic heterocycles. The molecule has 2 rings (SSSR count). The smallest absolute Gasteiger partial charge is 0.238 e. The summed E-state index contributed by atoms with van der Waals surface area (Å²) in [4.78, 5) is 14.5. The number of methoxy groups -OCH3 is 1. The van der Waals surface area contributed by atoms with Crippen LogP contribution in [0.25, 0.3) is 0 Å². The molecule has 5 heteroatoms. The minimum absolute atomic E-state index is 0.00421. The van der Waals surface area contributed by atoms with Crippen LogP contribution in [0.15, 0.2) is 24.3 Å². The van der Waals surface area contributed by atoms with Gasteiger partial charge >= 0.3 is 0 Å². The van der Waals surface area contributed by atoms with E-state index < -0.39 is 0 Å². The Morgan fingerprint density at radius 3 is 3.00 bits per heavy atom. The number of nitrogens with one attached hydrogen (secondary N) is 1. The van der Waals surface area contributed by atoms with Crippen molar-refractivity contribution in [1.82, 2.24) is 4.90 Å². The van der Waals surface area contributed by atoms with E-state index in [4.69, 9.17) is 10.5 Å². The first kappa shape index (κ1) is 15.8. The van der Waals surface area contributed by atoms with Gasteiger partial charge in [0.25, 0.3) is 0 Å². The third kappa shape index (κ3) is 4.19. The fourth-order valence-corrected chi connectivity index (χ4v) is 2.95. The van der Waals surface area contributed by atoms with Gasteiger partial charge in [-0.05, 0) is 31.9 Å². The van der Waals surface area contributed by atoms with Gasteiger partial charge in [0.15, 0.2) is 0 Å². The average molecular weight is 291 g/mol. The molecule has 1 amide bonds. The van der Waals surface area contributed by atoms with Gasteiger partial charge in [-0.3, -0.25) is 9.69 Å². The number of ether oxygens (including phenoxy) is 1. The van der Waals surface area contributed by atoms with Gasteiger partial charge in [0.05, 0.1) is 13.7 Å². The molecule has 3 N–H and O–H groups in total. The summed E-state index contributed by atoms with van der Waals surface area (Å²) in [5.41, 5.74) is 6.59. The molecule has 2 atom stereocenters. The molecule has 1 aliphatic heterocycles. The van der Waals surface area contributed by atoms with E-state index in [9.17, 15) is 4.79 Å². The average Bonchev–Trinajstić information content (AvgIpc) is 2.49. The quantitative estimate of drug-likeness (QED) is 0.868. The van der Waals surface area contributed by atoms with E-state index in [1.807, 2.05) is 24.3 Å². The predicted octanol–water partition coefficient (Wildman–Crippen LogP) is 1.84. The Morgan fingerprint density at radius 2 is 2.29 bits per heavy atom. The number of benzene rings is 1. The molecule has 0 spiro atoms. The Hall–Kier alpha value is -1.59. The Morgan fingerprint density at radius 1 is 1.48 bits per heavy atom. The molecule has 1 aromatic rings. The van der Waals surface area contributed by atoms with Crippen LogP contribution in [0, 0.1) is 0 Å². The number of hydrogen-bond acceptors (Lipinski definition) is 4. The topological polar surface area (TPSA) is 67.6 Å². The second-order valence-corrected chi connectivity index (χ2v) is 5.62. The molecule has 21 heavy (non-hydrogen) atoms. The van der Waals surface area contributed by atoms with Crippen LogP contribution in [0.3, 0.4) is 0 Å². The van der Waals surface area contributed by atoms with Crippen molar-refractivity contribution < 1.29 is 9.53 Å². The highest BCUT2D eigenvalue weighted by atomic mass is 16.5. The second-order valence-electron chi connectivity index (χ2n) is 5.62. The zero-order valence-corrected chi connectivity index (χ0v) is 12.8. The number of rotatable bonds is 5. The highest BCUT2D eigenvalue weighted by molar-refractivity contribution is 5.92. The normalized spacial score (nSPS) is 22.8. The molecule has 1 saturated heterocycles. The SMILES string of the molecule is COc1cccc(NC(=O)CN2C(C)CCCC2CN)c1. The molecule has 5 nitrogen and oxygen atoms in total. The number of hydrogen-bond donors (Lipinski definition) is 2. The largest absolute Gasteiger partial charge is 0.497 e. The Labute approximate surface area is 126 Å². The van der Waals surface area contributed by atoms with Crippen LogP contribution in [-0.4, -0.2) is 43.1 Å². The summed E-state index contributed by atoms with van der Waals surface area (Å²) in [7, 11) is 1.61. The van der Waals surface area contributed by atoms with Gasteiger partial charge in [0, 0.05) is 30.4 Å². The molecule has 1 heterocycles. The highest BCUT2D eigenvalue weighted by Crippen LogP contribution is 2.22. The maximum absolute atomic E-state index is 12.3. The monoisotopic (exact) mass is 291 g/mol. The number of nitrogens with two attached hydrogens (primary N) is 1. The fraction of sp³-hybridized carbons (Fsp3) is 0.562. The summed E-state index contributed by atoms with van der Waals surface area (Å²) < 4.78 is 5.16. The van der Waals surface area contributed by atoms with E-state index in [0.29, 0.717) is 25.2 Å². The van der Waals surface area contributed by atoms with Crippen molar-refractivity contribution in [3.63, 3.8) is 0 Å². The van der Waals surface area contributed by atoms with Gasteiger partial charge in [-0.25, -0.2) is 0 Å². The van der Waals surface area contributed by atoms with Crippen molar-refractivity contribution >= 4 is 11.6 Å². The van der Waals surface area contributed by atoms with E-state index in [1.165, 1.54) is 6.42 Å². The number of piperidine rings is 1. The molecule has 1 aliphatic rings.